The number of nitrogens with two attached hydrogens (primary N) is 1. The zero-order valence-electron chi connectivity index (χ0n) is 13.2. The van der Waals surface area contributed by atoms with Crippen LogP contribution in [-0.2, 0) is 18.3 Å². The second-order valence-corrected chi connectivity index (χ2v) is 7.28. The number of Topliss-reactive ketones (excluding diaryl/α,β-unsaturated/α-hetero) is 1. The summed E-state index contributed by atoms with van der Waals surface area (Å²) in [5.74, 6) is -0.931. The number of nitrogens with one attached hydrogen (secondary N) is 1. The fourth-order valence-electron chi connectivity index (χ4n) is 3.04. The molecule has 140 valence electrons. The SMILES string of the molecule is CC(=O)c1nc2c(=O)[nH]c(N)nc2n1[C@@H]1O[C@@H]2COP(=O)(O)O[C@H]2[C@H]1O. The van der Waals surface area contributed by atoms with Gasteiger partial charge >= 0.3 is 7.82 Å². The van der Waals surface area contributed by atoms with Crippen LogP contribution in [-0.4, -0.2) is 60.2 Å². The molecule has 1 unspecified atom stereocenters. The Morgan fingerprint density at radius 2 is 2.19 bits per heavy atom. The highest BCUT2D eigenvalue weighted by Gasteiger charge is 2.53. The van der Waals surface area contributed by atoms with Crippen molar-refractivity contribution in [2.75, 3.05) is 12.3 Å². The van der Waals surface area contributed by atoms with Crippen molar-refractivity contribution in [3.63, 3.8) is 0 Å². The quantitative estimate of drug-likeness (QED) is 0.353. The molecule has 0 aliphatic carbocycles. The maximum absolute atomic E-state index is 12.0. The van der Waals surface area contributed by atoms with Crippen LogP contribution in [0.15, 0.2) is 4.79 Å². The molecule has 0 radical (unpaired) electrons. The molecule has 2 aromatic rings. The van der Waals surface area contributed by atoms with E-state index < -0.39 is 43.7 Å². The summed E-state index contributed by atoms with van der Waals surface area (Å²) in [6, 6.07) is 0. The number of aliphatic hydroxyl groups is 1. The molecule has 2 aliphatic heterocycles. The Hall–Kier alpha value is -2.15. The van der Waals surface area contributed by atoms with Gasteiger partial charge in [-0.25, -0.2) is 9.55 Å². The molecule has 0 amide bonds. The highest BCUT2D eigenvalue weighted by molar-refractivity contribution is 7.47. The van der Waals surface area contributed by atoms with E-state index in [9.17, 15) is 24.2 Å². The van der Waals surface area contributed by atoms with Crippen molar-refractivity contribution < 1.29 is 33.1 Å². The van der Waals surface area contributed by atoms with Gasteiger partial charge in [-0.3, -0.25) is 28.2 Å². The smallest absolute Gasteiger partial charge is 0.386 e. The molecule has 5 N–H and O–H groups in total. The number of rotatable bonds is 2. The lowest BCUT2D eigenvalue weighted by molar-refractivity contribution is -0.0667. The number of aromatic nitrogens is 4. The molecule has 2 aromatic heterocycles. The normalized spacial score (nSPS) is 34.1. The number of nitrogen functional groups attached to an aromatic ring is 1. The number of aliphatic hydroxyl groups excluding tert-OH is 1. The number of imidazole rings is 1. The van der Waals surface area contributed by atoms with Crippen LogP contribution in [0.4, 0.5) is 5.95 Å². The summed E-state index contributed by atoms with van der Waals surface area (Å²) >= 11 is 0. The number of carbonyl (C=O) groups is 1. The summed E-state index contributed by atoms with van der Waals surface area (Å²) in [7, 11) is -4.31. The van der Waals surface area contributed by atoms with Crippen LogP contribution in [0.2, 0.25) is 0 Å². The Morgan fingerprint density at radius 1 is 1.46 bits per heavy atom. The second-order valence-electron chi connectivity index (χ2n) is 5.88. The van der Waals surface area contributed by atoms with Crippen molar-refractivity contribution in [2.45, 2.75) is 31.5 Å². The summed E-state index contributed by atoms with van der Waals surface area (Å²) < 4.78 is 27.9. The van der Waals surface area contributed by atoms with Gasteiger partial charge in [0.15, 0.2) is 29.0 Å². The minimum absolute atomic E-state index is 0.0766. The van der Waals surface area contributed by atoms with Crippen molar-refractivity contribution in [3.05, 3.63) is 16.2 Å². The minimum atomic E-state index is -4.31. The Kier molecular flexibility index (Phi) is 3.77. The van der Waals surface area contributed by atoms with E-state index >= 15 is 0 Å². The van der Waals surface area contributed by atoms with Gasteiger partial charge in [0.2, 0.25) is 5.95 Å². The standard InChI is InChI=1S/C12H14N5O8P/c1-3(18)8-14-5-9(15-12(13)16-10(5)20)17(8)11-6(19)7-4(24-11)2-23-26(21,22)25-7/h4,6-7,11,19H,2H2,1H3,(H,21,22)(H3,13,15,16,20)/t4-,6-,7-,11-/m1/s1. The zero-order chi connectivity index (χ0) is 18.8. The van der Waals surface area contributed by atoms with Gasteiger partial charge < -0.3 is 20.5 Å². The summed E-state index contributed by atoms with van der Waals surface area (Å²) in [6.45, 7) is 0.912. The molecule has 2 aliphatic rings. The van der Waals surface area contributed by atoms with Crippen LogP contribution in [0, 0.1) is 0 Å². The fourth-order valence-corrected chi connectivity index (χ4v) is 4.00. The van der Waals surface area contributed by atoms with Gasteiger partial charge in [0, 0.05) is 6.92 Å². The zero-order valence-corrected chi connectivity index (χ0v) is 14.1. The first-order valence-corrected chi connectivity index (χ1v) is 8.95. The molecular weight excluding hydrogens is 373 g/mol. The van der Waals surface area contributed by atoms with Gasteiger partial charge in [0.05, 0.1) is 6.61 Å². The van der Waals surface area contributed by atoms with Crippen molar-refractivity contribution in [1.82, 2.24) is 19.5 Å². The lowest BCUT2D eigenvalue weighted by Crippen LogP contribution is -2.39. The van der Waals surface area contributed by atoms with E-state index in [1.807, 2.05) is 0 Å². The summed E-state index contributed by atoms with van der Waals surface area (Å²) in [4.78, 5) is 43.7. The van der Waals surface area contributed by atoms with Gasteiger partial charge in [-0.05, 0) is 0 Å². The molecule has 14 heteroatoms. The van der Waals surface area contributed by atoms with Crippen LogP contribution in [0.3, 0.4) is 0 Å². The number of phosphoric ester groups is 1. The lowest BCUT2D eigenvalue weighted by atomic mass is 10.1. The number of ether oxygens (including phenoxy) is 1. The molecule has 13 nitrogen and oxygen atoms in total. The maximum atomic E-state index is 12.0. The second kappa shape index (κ2) is 5.67. The highest BCUT2D eigenvalue weighted by Crippen LogP contribution is 2.52. The number of phosphoric acid groups is 1. The highest BCUT2D eigenvalue weighted by atomic mass is 31.2. The molecule has 2 saturated heterocycles. The van der Waals surface area contributed by atoms with Gasteiger partial charge in [-0.2, -0.15) is 4.98 Å². The number of H-pyrrole nitrogens is 1. The number of ketones is 1. The Labute approximate surface area is 144 Å². The first kappa shape index (κ1) is 17.3. The van der Waals surface area contributed by atoms with Gasteiger partial charge in [-0.15, -0.1) is 0 Å². The first-order chi connectivity index (χ1) is 12.2. The molecule has 0 saturated carbocycles. The van der Waals surface area contributed by atoms with Crippen LogP contribution in [0.5, 0.6) is 0 Å². The van der Waals surface area contributed by atoms with E-state index in [4.69, 9.17) is 15.0 Å². The van der Waals surface area contributed by atoms with E-state index in [0.29, 0.717) is 0 Å². The van der Waals surface area contributed by atoms with Crippen molar-refractivity contribution in [3.8, 4) is 0 Å². The lowest BCUT2D eigenvalue weighted by Gasteiger charge is -2.27. The number of anilines is 1. The third kappa shape index (κ3) is 2.57. The number of hydrogen-bond donors (Lipinski definition) is 4. The van der Waals surface area contributed by atoms with E-state index in [1.165, 1.54) is 6.92 Å². The molecule has 4 rings (SSSR count). The molecule has 0 spiro atoms. The predicted octanol–water partition coefficient (Wildman–Crippen LogP) is -1.32. The van der Waals surface area contributed by atoms with Gasteiger partial charge in [0.25, 0.3) is 5.56 Å². The average Bonchev–Trinajstić information content (AvgIpc) is 3.05. The first-order valence-electron chi connectivity index (χ1n) is 7.46. The monoisotopic (exact) mass is 387 g/mol. The van der Waals surface area contributed by atoms with Crippen molar-refractivity contribution >= 4 is 30.7 Å². The van der Waals surface area contributed by atoms with Crippen LogP contribution in [0.1, 0.15) is 23.8 Å². The van der Waals surface area contributed by atoms with Gasteiger partial charge in [0.1, 0.15) is 18.3 Å². The van der Waals surface area contributed by atoms with Crippen LogP contribution >= 0.6 is 7.82 Å². The maximum Gasteiger partial charge on any atom is 0.472 e. The molecule has 0 bridgehead atoms. The van der Waals surface area contributed by atoms with Crippen molar-refractivity contribution in [2.24, 2.45) is 0 Å². The Morgan fingerprint density at radius 3 is 2.88 bits per heavy atom. The molecule has 0 aromatic carbocycles. The number of hydrogen-bond acceptors (Lipinski definition) is 10. The van der Waals surface area contributed by atoms with Gasteiger partial charge in [-0.1, -0.05) is 0 Å². The number of aromatic amines is 1. The minimum Gasteiger partial charge on any atom is -0.386 e. The fraction of sp³-hybridized carbons (Fsp3) is 0.500. The number of fused-ring (bicyclic) bond motifs is 2. The van der Waals surface area contributed by atoms with E-state index in [-0.39, 0.29) is 29.5 Å². The summed E-state index contributed by atoms with van der Waals surface area (Å²) in [6.07, 6.45) is -4.77. The molecular formula is C12H14N5O8P. The largest absolute Gasteiger partial charge is 0.472 e. The van der Waals surface area contributed by atoms with E-state index in [1.54, 1.807) is 0 Å². The topological polar surface area (TPSA) is 192 Å². The Bertz CT molecular complexity index is 1020. The van der Waals surface area contributed by atoms with Crippen LogP contribution in [0.25, 0.3) is 11.2 Å². The molecule has 2 fully saturated rings. The Balaban J connectivity index is 1.86. The van der Waals surface area contributed by atoms with E-state index in [0.717, 1.165) is 4.57 Å². The molecule has 4 heterocycles. The number of nitrogens with zero attached hydrogens (tertiary/aromatic N) is 3. The third-order valence-electron chi connectivity index (χ3n) is 4.10. The van der Waals surface area contributed by atoms with Crippen molar-refractivity contribution in [1.29, 1.82) is 0 Å². The number of carbonyl (C=O) groups excluding carboxylic acids is 1. The van der Waals surface area contributed by atoms with E-state index in [2.05, 4.69) is 19.5 Å². The van der Waals surface area contributed by atoms with Crippen LogP contribution < -0.4 is 11.3 Å². The summed E-state index contributed by atoms with van der Waals surface area (Å²) in [5, 5.41) is 10.5. The molecule has 5 atom stereocenters. The summed E-state index contributed by atoms with van der Waals surface area (Å²) in [5.41, 5.74) is 4.64. The molecule has 26 heavy (non-hydrogen) atoms. The average molecular weight is 387 g/mol. The third-order valence-corrected chi connectivity index (χ3v) is 5.09. The predicted molar refractivity (Wildman–Crippen MR) is 83.1 cm³/mol.